The lowest BCUT2D eigenvalue weighted by molar-refractivity contribution is -0.389. The van der Waals surface area contributed by atoms with Crippen LogP contribution in [0.1, 0.15) is 10.7 Å². The molecule has 1 heterocycles. The summed E-state index contributed by atoms with van der Waals surface area (Å²) in [6.45, 7) is 0. The number of imidazole rings is 1. The number of hydrogen-bond acceptors (Lipinski definition) is 3. The normalized spacial score (nSPS) is 10.7. The van der Waals surface area contributed by atoms with E-state index in [1.54, 1.807) is 7.05 Å². The maximum atomic E-state index is 10.2. The summed E-state index contributed by atoms with van der Waals surface area (Å²) in [5.41, 5.74) is 0. The average molecular weight is 210 g/mol. The Morgan fingerprint density at radius 3 is 2.58 bits per heavy atom. The van der Waals surface area contributed by atoms with Gasteiger partial charge in [0.2, 0.25) is 0 Å². The van der Waals surface area contributed by atoms with Gasteiger partial charge in [-0.2, -0.15) is 0 Å². The summed E-state index contributed by atoms with van der Waals surface area (Å²) in [7, 11) is 1.59. The zero-order chi connectivity index (χ0) is 9.30. The Hall–Kier alpha value is -0.810. The Morgan fingerprint density at radius 2 is 2.33 bits per heavy atom. The lowest BCUT2D eigenvalue weighted by atomic mass is 10.7. The predicted molar refractivity (Wildman–Crippen MR) is 44.3 cm³/mol. The van der Waals surface area contributed by atoms with Crippen LogP contribution in [0.25, 0.3) is 0 Å². The van der Waals surface area contributed by atoms with Gasteiger partial charge in [0.05, 0.1) is 0 Å². The van der Waals surface area contributed by atoms with E-state index in [4.69, 9.17) is 23.2 Å². The smallest absolute Gasteiger partial charge is 0.358 e. The van der Waals surface area contributed by atoms with Gasteiger partial charge in [0, 0.05) is 7.05 Å². The molecule has 0 spiro atoms. The third-order valence-corrected chi connectivity index (χ3v) is 1.67. The molecule has 0 bridgehead atoms. The molecule has 0 N–H and O–H groups in total. The minimum absolute atomic E-state index is 0.251. The first-order valence-electron chi connectivity index (χ1n) is 2.98. The molecular weight excluding hydrogens is 205 g/mol. The molecular formula is C5H5Cl2N3O2. The van der Waals surface area contributed by atoms with E-state index in [-0.39, 0.29) is 11.6 Å². The van der Waals surface area contributed by atoms with Crippen LogP contribution in [0.3, 0.4) is 0 Å². The van der Waals surface area contributed by atoms with Gasteiger partial charge in [-0.05, 0) is 9.91 Å². The largest absolute Gasteiger partial charge is 0.381 e. The van der Waals surface area contributed by atoms with Crippen molar-refractivity contribution in [2.45, 2.75) is 4.84 Å². The van der Waals surface area contributed by atoms with Gasteiger partial charge in [-0.3, -0.25) is 0 Å². The number of rotatable bonds is 2. The van der Waals surface area contributed by atoms with Crippen LogP contribution in [-0.4, -0.2) is 14.5 Å². The molecule has 0 aliphatic carbocycles. The summed E-state index contributed by atoms with van der Waals surface area (Å²) in [5, 5.41) is 10.2. The van der Waals surface area contributed by atoms with Crippen molar-refractivity contribution in [1.29, 1.82) is 0 Å². The van der Waals surface area contributed by atoms with Gasteiger partial charge in [-0.1, -0.05) is 23.2 Å². The van der Waals surface area contributed by atoms with Gasteiger partial charge in [0.15, 0.2) is 4.84 Å². The highest BCUT2D eigenvalue weighted by molar-refractivity contribution is 6.43. The minimum Gasteiger partial charge on any atom is -0.358 e. The van der Waals surface area contributed by atoms with Crippen molar-refractivity contribution < 1.29 is 4.92 Å². The zero-order valence-electron chi connectivity index (χ0n) is 6.07. The van der Waals surface area contributed by atoms with Gasteiger partial charge < -0.3 is 14.7 Å². The van der Waals surface area contributed by atoms with Crippen LogP contribution in [0.5, 0.6) is 0 Å². The molecule has 0 aliphatic rings. The Labute approximate surface area is 78.1 Å². The number of alkyl halides is 2. The third-order valence-electron chi connectivity index (χ3n) is 1.28. The first-order valence-corrected chi connectivity index (χ1v) is 3.85. The van der Waals surface area contributed by atoms with E-state index < -0.39 is 9.76 Å². The van der Waals surface area contributed by atoms with Crippen LogP contribution >= 0.6 is 23.2 Å². The monoisotopic (exact) mass is 209 g/mol. The van der Waals surface area contributed by atoms with Gasteiger partial charge in [-0.25, -0.2) is 0 Å². The fraction of sp³-hybridized carbons (Fsp3) is 0.400. The van der Waals surface area contributed by atoms with Crippen LogP contribution in [0.2, 0.25) is 0 Å². The number of aromatic nitrogens is 2. The maximum absolute atomic E-state index is 10.2. The quantitative estimate of drug-likeness (QED) is 0.424. The van der Waals surface area contributed by atoms with Gasteiger partial charge in [0.25, 0.3) is 5.82 Å². The van der Waals surface area contributed by atoms with Gasteiger partial charge >= 0.3 is 5.82 Å². The highest BCUT2D eigenvalue weighted by Crippen LogP contribution is 2.24. The number of halogens is 2. The predicted octanol–water partition coefficient (Wildman–Crippen LogP) is 1.80. The third kappa shape index (κ3) is 1.67. The lowest BCUT2D eigenvalue weighted by Gasteiger charge is -1.93. The molecule has 66 valence electrons. The molecule has 7 heteroatoms. The SMILES string of the molecule is Cn1cc([N+](=O)[O-])nc1C(Cl)Cl. The van der Waals surface area contributed by atoms with E-state index in [9.17, 15) is 10.1 Å². The second-order valence-corrected chi connectivity index (χ2v) is 3.22. The minimum atomic E-state index is -0.844. The topological polar surface area (TPSA) is 61.0 Å². The summed E-state index contributed by atoms with van der Waals surface area (Å²) in [6.07, 6.45) is 1.26. The standard InChI is InChI=1S/C5H5Cl2N3O2/c1-9-2-3(10(11)12)8-5(9)4(6)7/h2,4H,1H3. The Kier molecular flexibility index (Phi) is 2.54. The highest BCUT2D eigenvalue weighted by atomic mass is 35.5. The molecule has 0 radical (unpaired) electrons. The van der Waals surface area contributed by atoms with Crippen LogP contribution < -0.4 is 0 Å². The lowest BCUT2D eigenvalue weighted by Crippen LogP contribution is -1.94. The molecule has 0 fully saturated rings. The average Bonchev–Trinajstić information content (AvgIpc) is 2.30. The van der Waals surface area contributed by atoms with Gasteiger partial charge in [0.1, 0.15) is 6.20 Å². The van der Waals surface area contributed by atoms with Crippen LogP contribution in [0.4, 0.5) is 5.82 Å². The van der Waals surface area contributed by atoms with Crippen molar-refractivity contribution >= 4 is 29.0 Å². The fourth-order valence-electron chi connectivity index (χ4n) is 0.755. The Balaban J connectivity index is 3.09. The summed E-state index contributed by atoms with van der Waals surface area (Å²) < 4.78 is 1.42. The molecule has 0 amide bonds. The number of aryl methyl sites for hydroxylation is 1. The second-order valence-electron chi connectivity index (χ2n) is 2.13. The molecule has 0 saturated carbocycles. The van der Waals surface area contributed by atoms with Crippen molar-refractivity contribution in [3.05, 3.63) is 22.1 Å². The fourth-order valence-corrected chi connectivity index (χ4v) is 1.16. The molecule has 1 aromatic rings. The van der Waals surface area contributed by atoms with E-state index in [0.29, 0.717) is 0 Å². The van der Waals surface area contributed by atoms with Crippen molar-refractivity contribution in [2.75, 3.05) is 0 Å². The summed E-state index contributed by atoms with van der Waals surface area (Å²) in [6, 6.07) is 0. The van der Waals surface area contributed by atoms with Crippen molar-refractivity contribution in [1.82, 2.24) is 9.55 Å². The van der Waals surface area contributed by atoms with Crippen LogP contribution in [0.15, 0.2) is 6.20 Å². The Morgan fingerprint density at radius 1 is 1.75 bits per heavy atom. The summed E-state index contributed by atoms with van der Waals surface area (Å²) in [4.78, 5) is 12.4. The molecule has 1 aromatic heterocycles. The van der Waals surface area contributed by atoms with Crippen LogP contribution in [-0.2, 0) is 7.05 Å². The maximum Gasteiger partial charge on any atom is 0.381 e. The van der Waals surface area contributed by atoms with E-state index >= 15 is 0 Å². The van der Waals surface area contributed by atoms with Crippen molar-refractivity contribution in [2.24, 2.45) is 7.05 Å². The van der Waals surface area contributed by atoms with Crippen molar-refractivity contribution in [3.8, 4) is 0 Å². The Bertz CT molecular complexity index is 310. The van der Waals surface area contributed by atoms with E-state index in [2.05, 4.69) is 4.98 Å². The first-order chi connectivity index (χ1) is 5.52. The number of nitro groups is 1. The van der Waals surface area contributed by atoms with Crippen LogP contribution in [0, 0.1) is 10.1 Å². The van der Waals surface area contributed by atoms with E-state index in [1.165, 1.54) is 10.8 Å². The molecule has 0 unspecified atom stereocenters. The van der Waals surface area contributed by atoms with Gasteiger partial charge in [-0.15, -0.1) is 0 Å². The molecule has 12 heavy (non-hydrogen) atoms. The summed E-state index contributed by atoms with van der Waals surface area (Å²) in [5.74, 6) is 0.0174. The molecule has 5 nitrogen and oxygen atoms in total. The number of hydrogen-bond donors (Lipinski definition) is 0. The zero-order valence-corrected chi connectivity index (χ0v) is 7.58. The number of nitrogens with zero attached hydrogens (tertiary/aromatic N) is 3. The second kappa shape index (κ2) is 3.28. The van der Waals surface area contributed by atoms with E-state index in [1.807, 2.05) is 0 Å². The molecule has 0 saturated heterocycles. The summed E-state index contributed by atoms with van der Waals surface area (Å²) >= 11 is 11.0. The molecule has 0 aliphatic heterocycles. The molecule has 1 rings (SSSR count). The van der Waals surface area contributed by atoms with Crippen molar-refractivity contribution in [3.63, 3.8) is 0 Å². The molecule has 0 aromatic carbocycles. The molecule has 0 atom stereocenters. The van der Waals surface area contributed by atoms with E-state index in [0.717, 1.165) is 0 Å². The first kappa shape index (κ1) is 9.28. The highest BCUT2D eigenvalue weighted by Gasteiger charge is 2.21.